The average molecular weight is 238 g/mol. The van der Waals surface area contributed by atoms with Gasteiger partial charge in [-0.05, 0) is 53.2 Å². The zero-order valence-electron chi connectivity index (χ0n) is 10.2. The Balaban J connectivity index is 1.98. The second-order valence-corrected chi connectivity index (χ2v) is 4.92. The Morgan fingerprint density at radius 3 is 2.56 bits per heavy atom. The molecule has 0 saturated heterocycles. The van der Waals surface area contributed by atoms with Crippen LogP contribution >= 0.6 is 0 Å². The standard InChI is InChI=1S/C17H15F/c1-12-9-14(13-5-3-2-4-6-13)10-15-11-16(18)7-8-17(12)15/h2-8,11,14H,1,9-10H2. The topological polar surface area (TPSA) is 0 Å². The summed E-state index contributed by atoms with van der Waals surface area (Å²) in [5, 5.41) is 0. The maximum Gasteiger partial charge on any atom is 0.123 e. The third kappa shape index (κ3) is 1.97. The summed E-state index contributed by atoms with van der Waals surface area (Å²) in [5.41, 5.74) is 4.64. The second kappa shape index (κ2) is 4.41. The van der Waals surface area contributed by atoms with Gasteiger partial charge in [0, 0.05) is 0 Å². The van der Waals surface area contributed by atoms with Crippen molar-refractivity contribution >= 4 is 5.57 Å². The van der Waals surface area contributed by atoms with E-state index >= 15 is 0 Å². The highest BCUT2D eigenvalue weighted by Crippen LogP contribution is 2.38. The molecule has 0 saturated carbocycles. The minimum absolute atomic E-state index is 0.157. The van der Waals surface area contributed by atoms with Gasteiger partial charge >= 0.3 is 0 Å². The predicted octanol–water partition coefficient (Wildman–Crippen LogP) is 4.57. The van der Waals surface area contributed by atoms with Gasteiger partial charge in [0.1, 0.15) is 5.82 Å². The van der Waals surface area contributed by atoms with E-state index in [0.717, 1.165) is 29.5 Å². The summed E-state index contributed by atoms with van der Waals surface area (Å²) in [6.45, 7) is 4.14. The summed E-state index contributed by atoms with van der Waals surface area (Å²) >= 11 is 0. The third-order valence-electron chi connectivity index (χ3n) is 3.68. The zero-order valence-corrected chi connectivity index (χ0v) is 10.2. The minimum Gasteiger partial charge on any atom is -0.207 e. The van der Waals surface area contributed by atoms with E-state index in [1.54, 1.807) is 6.07 Å². The molecule has 0 amide bonds. The van der Waals surface area contributed by atoms with Crippen molar-refractivity contribution in [1.82, 2.24) is 0 Å². The van der Waals surface area contributed by atoms with Crippen LogP contribution in [0.3, 0.4) is 0 Å². The average Bonchev–Trinajstić information content (AvgIpc) is 2.39. The van der Waals surface area contributed by atoms with Crippen molar-refractivity contribution in [2.45, 2.75) is 18.8 Å². The molecule has 1 aliphatic rings. The number of fused-ring (bicyclic) bond motifs is 1. The molecule has 2 aromatic carbocycles. The molecule has 0 bridgehead atoms. The van der Waals surface area contributed by atoms with Crippen LogP contribution in [-0.4, -0.2) is 0 Å². The lowest BCUT2D eigenvalue weighted by atomic mass is 9.78. The minimum atomic E-state index is -0.157. The molecule has 90 valence electrons. The van der Waals surface area contributed by atoms with Gasteiger partial charge in [-0.3, -0.25) is 0 Å². The molecule has 0 spiro atoms. The Bertz CT molecular complexity index is 584. The Morgan fingerprint density at radius 2 is 1.78 bits per heavy atom. The quantitative estimate of drug-likeness (QED) is 0.682. The number of benzene rings is 2. The van der Waals surface area contributed by atoms with Crippen LogP contribution in [0.2, 0.25) is 0 Å². The summed E-state index contributed by atoms with van der Waals surface area (Å²) in [6, 6.07) is 15.4. The fourth-order valence-electron chi connectivity index (χ4n) is 2.78. The molecule has 1 heteroatoms. The fraction of sp³-hybridized carbons (Fsp3) is 0.176. The maximum atomic E-state index is 13.3. The van der Waals surface area contributed by atoms with E-state index in [0.29, 0.717) is 5.92 Å². The zero-order chi connectivity index (χ0) is 12.5. The summed E-state index contributed by atoms with van der Waals surface area (Å²) in [5.74, 6) is 0.267. The van der Waals surface area contributed by atoms with Gasteiger partial charge < -0.3 is 0 Å². The van der Waals surface area contributed by atoms with Crippen molar-refractivity contribution in [2.24, 2.45) is 0 Å². The molecule has 0 N–H and O–H groups in total. The number of halogens is 1. The van der Waals surface area contributed by atoms with E-state index in [2.05, 4.69) is 30.8 Å². The van der Waals surface area contributed by atoms with E-state index in [1.165, 1.54) is 11.6 Å². The summed E-state index contributed by atoms with van der Waals surface area (Å²) in [6.07, 6.45) is 1.86. The van der Waals surface area contributed by atoms with Crippen LogP contribution in [0.15, 0.2) is 55.1 Å². The molecule has 0 nitrogen and oxygen atoms in total. The molecule has 3 rings (SSSR count). The molecule has 18 heavy (non-hydrogen) atoms. The van der Waals surface area contributed by atoms with Gasteiger partial charge in [-0.25, -0.2) is 4.39 Å². The normalized spacial score (nSPS) is 18.5. The molecule has 0 heterocycles. The van der Waals surface area contributed by atoms with Gasteiger partial charge in [0.25, 0.3) is 0 Å². The lowest BCUT2D eigenvalue weighted by Crippen LogP contribution is -2.11. The fourth-order valence-corrected chi connectivity index (χ4v) is 2.78. The van der Waals surface area contributed by atoms with Crippen LogP contribution in [-0.2, 0) is 6.42 Å². The molecule has 1 atom stereocenters. The molecule has 1 aliphatic carbocycles. The second-order valence-electron chi connectivity index (χ2n) is 4.92. The SMILES string of the molecule is C=C1CC(c2ccccc2)Cc2cc(F)ccc21. The van der Waals surface area contributed by atoms with Crippen molar-refractivity contribution in [3.63, 3.8) is 0 Å². The van der Waals surface area contributed by atoms with Crippen LogP contribution in [0.25, 0.3) is 5.57 Å². The van der Waals surface area contributed by atoms with Crippen molar-refractivity contribution in [3.05, 3.63) is 77.6 Å². The first-order valence-corrected chi connectivity index (χ1v) is 6.25. The highest BCUT2D eigenvalue weighted by atomic mass is 19.1. The summed E-state index contributed by atoms with van der Waals surface area (Å²) < 4.78 is 13.3. The first kappa shape index (κ1) is 11.2. The lowest BCUT2D eigenvalue weighted by Gasteiger charge is -2.26. The first-order chi connectivity index (χ1) is 8.74. The molecule has 0 radical (unpaired) electrons. The highest BCUT2D eigenvalue weighted by molar-refractivity contribution is 5.69. The Kier molecular flexibility index (Phi) is 2.75. The van der Waals surface area contributed by atoms with Crippen LogP contribution in [0.4, 0.5) is 4.39 Å². The Morgan fingerprint density at radius 1 is 1.00 bits per heavy atom. The molecule has 0 fully saturated rings. The Labute approximate surface area is 107 Å². The van der Waals surface area contributed by atoms with Crippen LogP contribution in [0.1, 0.15) is 29.0 Å². The van der Waals surface area contributed by atoms with Gasteiger partial charge in [0.2, 0.25) is 0 Å². The number of hydrogen-bond donors (Lipinski definition) is 0. The smallest absolute Gasteiger partial charge is 0.123 e. The van der Waals surface area contributed by atoms with E-state index in [4.69, 9.17) is 0 Å². The molecule has 0 aromatic heterocycles. The summed E-state index contributed by atoms with van der Waals surface area (Å²) in [7, 11) is 0. The largest absolute Gasteiger partial charge is 0.207 e. The van der Waals surface area contributed by atoms with Gasteiger partial charge in [-0.1, -0.05) is 43.0 Å². The highest BCUT2D eigenvalue weighted by Gasteiger charge is 2.22. The van der Waals surface area contributed by atoms with Crippen molar-refractivity contribution in [2.75, 3.05) is 0 Å². The molecular formula is C17H15F. The van der Waals surface area contributed by atoms with Crippen molar-refractivity contribution in [3.8, 4) is 0 Å². The Hall–Kier alpha value is -1.89. The van der Waals surface area contributed by atoms with E-state index in [1.807, 2.05) is 12.1 Å². The van der Waals surface area contributed by atoms with Crippen LogP contribution in [0.5, 0.6) is 0 Å². The monoisotopic (exact) mass is 238 g/mol. The number of rotatable bonds is 1. The van der Waals surface area contributed by atoms with Crippen molar-refractivity contribution in [1.29, 1.82) is 0 Å². The van der Waals surface area contributed by atoms with E-state index in [9.17, 15) is 4.39 Å². The predicted molar refractivity (Wildman–Crippen MR) is 72.9 cm³/mol. The third-order valence-corrected chi connectivity index (χ3v) is 3.68. The first-order valence-electron chi connectivity index (χ1n) is 6.25. The van der Waals surface area contributed by atoms with E-state index in [-0.39, 0.29) is 5.82 Å². The van der Waals surface area contributed by atoms with Gasteiger partial charge in [-0.15, -0.1) is 0 Å². The van der Waals surface area contributed by atoms with Crippen LogP contribution < -0.4 is 0 Å². The van der Waals surface area contributed by atoms with Gasteiger partial charge in [-0.2, -0.15) is 0 Å². The van der Waals surface area contributed by atoms with Gasteiger partial charge in [0.05, 0.1) is 0 Å². The lowest BCUT2D eigenvalue weighted by molar-refractivity contribution is 0.617. The molecular weight excluding hydrogens is 223 g/mol. The van der Waals surface area contributed by atoms with Crippen molar-refractivity contribution < 1.29 is 4.39 Å². The van der Waals surface area contributed by atoms with Crippen LogP contribution in [0, 0.1) is 5.82 Å². The van der Waals surface area contributed by atoms with E-state index < -0.39 is 0 Å². The molecule has 1 unspecified atom stereocenters. The molecule has 2 aromatic rings. The number of hydrogen-bond acceptors (Lipinski definition) is 0. The summed E-state index contributed by atoms with van der Waals surface area (Å²) in [4.78, 5) is 0. The number of allylic oxidation sites excluding steroid dienone is 1. The van der Waals surface area contributed by atoms with Gasteiger partial charge in [0.15, 0.2) is 0 Å². The maximum absolute atomic E-state index is 13.3. The molecule has 0 aliphatic heterocycles.